The first-order chi connectivity index (χ1) is 14.4. The van der Waals surface area contributed by atoms with Crippen LogP contribution in [0.15, 0.2) is 18.2 Å². The Labute approximate surface area is 180 Å². The number of nitrogens with zero attached hydrogens (tertiary/aromatic N) is 2. The molecule has 1 aromatic carbocycles. The van der Waals surface area contributed by atoms with Crippen molar-refractivity contribution in [2.24, 2.45) is 0 Å². The number of rotatable bonds is 4. The quantitative estimate of drug-likeness (QED) is 0.611. The number of imide groups is 1. The molecule has 3 rings (SSSR count). The van der Waals surface area contributed by atoms with Gasteiger partial charge in [0.15, 0.2) is 0 Å². The zero-order chi connectivity index (χ0) is 23.1. The lowest BCUT2D eigenvalue weighted by molar-refractivity contribution is -0.137. The zero-order valence-electron chi connectivity index (χ0n) is 17.2. The molecule has 2 heterocycles. The van der Waals surface area contributed by atoms with E-state index >= 15 is 0 Å². The number of nitrogens with one attached hydrogen (secondary N) is 1. The summed E-state index contributed by atoms with van der Waals surface area (Å²) in [5.74, 6) is -0.882. The van der Waals surface area contributed by atoms with Crippen LogP contribution in [0, 0.1) is 12.7 Å². The molecule has 6 nitrogen and oxygen atoms in total. The third-order valence-corrected chi connectivity index (χ3v) is 6.33. The summed E-state index contributed by atoms with van der Waals surface area (Å²) in [5, 5.41) is 3.54. The Hall–Kier alpha value is -2.69. The van der Waals surface area contributed by atoms with Gasteiger partial charge in [0.05, 0.1) is 28.9 Å². The smallest absolute Gasteiger partial charge is 0.419 e. The molecule has 0 aliphatic carbocycles. The number of carbonyl (C=O) groups excluding carboxylic acids is 2. The molecule has 1 aromatic heterocycles. The van der Waals surface area contributed by atoms with Gasteiger partial charge in [0.2, 0.25) is 0 Å². The lowest BCUT2D eigenvalue weighted by Crippen LogP contribution is -2.44. The summed E-state index contributed by atoms with van der Waals surface area (Å²) in [6.45, 7) is 7.39. The van der Waals surface area contributed by atoms with Crippen molar-refractivity contribution in [1.29, 1.82) is 0 Å². The molecule has 0 spiro atoms. The summed E-state index contributed by atoms with van der Waals surface area (Å²) in [5.41, 5.74) is -0.609. The number of amides is 3. The predicted octanol–water partition coefficient (Wildman–Crippen LogP) is 5.52. The van der Waals surface area contributed by atoms with Gasteiger partial charge in [0.25, 0.3) is 0 Å². The fourth-order valence-corrected chi connectivity index (χ4v) is 4.23. The Morgan fingerprint density at radius 1 is 1.32 bits per heavy atom. The monoisotopic (exact) mass is 459 g/mol. The van der Waals surface area contributed by atoms with E-state index in [0.717, 1.165) is 26.5 Å². The number of aryl methyl sites for hydroxylation is 1. The van der Waals surface area contributed by atoms with Gasteiger partial charge in [-0.15, -0.1) is 11.3 Å². The third kappa shape index (κ3) is 4.81. The van der Waals surface area contributed by atoms with Gasteiger partial charge < -0.3 is 10.1 Å². The zero-order valence-corrected chi connectivity index (χ0v) is 18.0. The van der Waals surface area contributed by atoms with E-state index in [2.05, 4.69) is 10.3 Å². The molecular formula is C20H21F4N3O3S. The fraction of sp³-hybridized carbons (Fsp3) is 0.450. The molecule has 1 aliphatic rings. The van der Waals surface area contributed by atoms with Gasteiger partial charge in [0.1, 0.15) is 11.9 Å². The third-order valence-electron chi connectivity index (χ3n) is 4.87. The molecule has 2 aromatic rings. The van der Waals surface area contributed by atoms with Gasteiger partial charge in [-0.05, 0) is 37.6 Å². The summed E-state index contributed by atoms with van der Waals surface area (Å²) >= 11 is 1.45. The summed E-state index contributed by atoms with van der Waals surface area (Å²) in [6, 6.07) is 0.236. The highest BCUT2D eigenvalue weighted by Crippen LogP contribution is 2.37. The van der Waals surface area contributed by atoms with Crippen LogP contribution in [0.3, 0.4) is 0 Å². The molecule has 0 unspecified atom stereocenters. The van der Waals surface area contributed by atoms with Crippen molar-refractivity contribution in [1.82, 2.24) is 15.2 Å². The molecule has 11 heteroatoms. The van der Waals surface area contributed by atoms with Crippen molar-refractivity contribution in [2.75, 3.05) is 0 Å². The van der Waals surface area contributed by atoms with Crippen molar-refractivity contribution >= 4 is 23.5 Å². The van der Waals surface area contributed by atoms with Crippen LogP contribution in [0.1, 0.15) is 59.5 Å². The first kappa shape index (κ1) is 23.0. The topological polar surface area (TPSA) is 71.5 Å². The van der Waals surface area contributed by atoms with Gasteiger partial charge in [0, 0.05) is 10.8 Å². The SMILES string of the molecule is Cc1nc(C(C)C)sc1CNC(=O)N1C(=O)O[C@H](c2cc(F)cc(C(F)(F)F)c2)[C@@H]1C. The highest BCUT2D eigenvalue weighted by Gasteiger charge is 2.44. The van der Waals surface area contributed by atoms with Crippen LogP contribution in [0.4, 0.5) is 27.2 Å². The van der Waals surface area contributed by atoms with E-state index in [4.69, 9.17) is 4.74 Å². The molecule has 2 atom stereocenters. The van der Waals surface area contributed by atoms with Crippen LogP contribution in [0.5, 0.6) is 0 Å². The second kappa shape index (κ2) is 8.45. The summed E-state index contributed by atoms with van der Waals surface area (Å²) < 4.78 is 57.9. The first-order valence-corrected chi connectivity index (χ1v) is 10.3. The Balaban J connectivity index is 1.75. The molecule has 168 valence electrons. The number of halogens is 4. The fourth-order valence-electron chi connectivity index (χ4n) is 3.22. The number of hydrogen-bond donors (Lipinski definition) is 1. The van der Waals surface area contributed by atoms with E-state index < -0.39 is 41.8 Å². The highest BCUT2D eigenvalue weighted by atomic mass is 32.1. The predicted molar refractivity (Wildman–Crippen MR) is 105 cm³/mol. The van der Waals surface area contributed by atoms with Gasteiger partial charge in [-0.3, -0.25) is 0 Å². The van der Waals surface area contributed by atoms with Gasteiger partial charge >= 0.3 is 18.3 Å². The number of aromatic nitrogens is 1. The van der Waals surface area contributed by atoms with E-state index in [1.54, 1.807) is 0 Å². The Morgan fingerprint density at radius 3 is 2.58 bits per heavy atom. The maximum atomic E-state index is 13.8. The number of cyclic esters (lactones) is 1. The highest BCUT2D eigenvalue weighted by molar-refractivity contribution is 7.11. The van der Waals surface area contributed by atoms with Crippen LogP contribution in [-0.2, 0) is 17.5 Å². The Kier molecular flexibility index (Phi) is 6.26. The minimum atomic E-state index is -4.76. The number of ether oxygens (including phenoxy) is 1. The van der Waals surface area contributed by atoms with Crippen molar-refractivity contribution in [3.8, 4) is 0 Å². The number of alkyl halides is 3. The number of thiazole rings is 1. The van der Waals surface area contributed by atoms with E-state index in [1.165, 1.54) is 18.3 Å². The maximum Gasteiger partial charge on any atom is 0.419 e. The summed E-state index contributed by atoms with van der Waals surface area (Å²) in [6.07, 6.45) is -7.01. The second-order valence-electron chi connectivity index (χ2n) is 7.56. The van der Waals surface area contributed by atoms with E-state index in [1.807, 2.05) is 20.8 Å². The van der Waals surface area contributed by atoms with Crippen molar-refractivity contribution in [3.05, 3.63) is 50.7 Å². The average Bonchev–Trinajstić information content (AvgIpc) is 3.18. The Morgan fingerprint density at radius 2 is 2.00 bits per heavy atom. The van der Waals surface area contributed by atoms with Gasteiger partial charge in [-0.2, -0.15) is 13.2 Å². The molecule has 0 radical (unpaired) electrons. The van der Waals surface area contributed by atoms with Crippen LogP contribution in [0.25, 0.3) is 0 Å². The molecule has 0 saturated carbocycles. The van der Waals surface area contributed by atoms with E-state index in [-0.39, 0.29) is 18.0 Å². The lowest BCUT2D eigenvalue weighted by Gasteiger charge is -2.20. The summed E-state index contributed by atoms with van der Waals surface area (Å²) in [4.78, 5) is 30.9. The maximum absolute atomic E-state index is 13.8. The minimum Gasteiger partial charge on any atom is -0.439 e. The Bertz CT molecular complexity index is 1010. The molecule has 1 fully saturated rings. The molecular weight excluding hydrogens is 438 g/mol. The van der Waals surface area contributed by atoms with Gasteiger partial charge in [-0.25, -0.2) is 23.9 Å². The number of urea groups is 1. The first-order valence-electron chi connectivity index (χ1n) is 9.50. The largest absolute Gasteiger partial charge is 0.439 e. The van der Waals surface area contributed by atoms with Crippen LogP contribution < -0.4 is 5.32 Å². The lowest BCUT2D eigenvalue weighted by atomic mass is 10.0. The summed E-state index contributed by atoms with van der Waals surface area (Å²) in [7, 11) is 0. The van der Waals surface area contributed by atoms with Crippen LogP contribution in [-0.4, -0.2) is 28.1 Å². The number of benzene rings is 1. The van der Waals surface area contributed by atoms with Crippen molar-refractivity contribution < 1.29 is 31.9 Å². The average molecular weight is 459 g/mol. The number of hydrogen-bond acceptors (Lipinski definition) is 5. The van der Waals surface area contributed by atoms with E-state index in [9.17, 15) is 27.2 Å². The number of carbonyl (C=O) groups is 2. The van der Waals surface area contributed by atoms with Crippen LogP contribution in [0.2, 0.25) is 0 Å². The molecule has 31 heavy (non-hydrogen) atoms. The van der Waals surface area contributed by atoms with Crippen LogP contribution >= 0.6 is 11.3 Å². The second-order valence-corrected chi connectivity index (χ2v) is 8.68. The van der Waals surface area contributed by atoms with E-state index in [0.29, 0.717) is 12.1 Å². The molecule has 0 bridgehead atoms. The molecule has 1 aliphatic heterocycles. The normalized spacial score (nSPS) is 19.1. The van der Waals surface area contributed by atoms with Crippen molar-refractivity contribution in [3.63, 3.8) is 0 Å². The molecule has 1 saturated heterocycles. The standard InChI is InChI=1S/C20H21F4N3O3S/c1-9(2)17-26-10(3)15(31-17)8-25-18(28)27-11(4)16(30-19(27)29)12-5-13(20(22,23)24)7-14(21)6-12/h5-7,9,11,16H,8H2,1-4H3,(H,25,28)/t11-,16-/m0/s1. The molecule has 3 amide bonds. The minimum absolute atomic E-state index is 0.133. The van der Waals surface area contributed by atoms with Crippen molar-refractivity contribution in [2.45, 2.75) is 58.5 Å². The molecule has 1 N–H and O–H groups in total. The van der Waals surface area contributed by atoms with Gasteiger partial charge in [-0.1, -0.05) is 13.8 Å².